The molecule has 2 heterocycles. The zero-order valence-electron chi connectivity index (χ0n) is 19.3. The summed E-state index contributed by atoms with van der Waals surface area (Å²) in [5.74, 6) is -0.221. The van der Waals surface area contributed by atoms with Crippen molar-refractivity contribution < 1.29 is 4.39 Å². The highest BCUT2D eigenvalue weighted by molar-refractivity contribution is 7.22. The molecule has 0 unspecified atom stereocenters. The van der Waals surface area contributed by atoms with E-state index in [1.165, 1.54) is 37.7 Å². The number of hydrogen-bond donors (Lipinski definition) is 0. The number of thiophene rings is 1. The number of halogens is 1. The van der Waals surface area contributed by atoms with E-state index >= 15 is 0 Å². The van der Waals surface area contributed by atoms with Crippen LogP contribution in [0.15, 0.2) is 121 Å². The van der Waals surface area contributed by atoms with Gasteiger partial charge in [0.2, 0.25) is 0 Å². The molecule has 0 spiro atoms. The fourth-order valence-electron chi connectivity index (χ4n) is 5.07. The highest BCUT2D eigenvalue weighted by Crippen LogP contribution is 2.42. The zero-order chi connectivity index (χ0) is 24.1. The predicted molar refractivity (Wildman–Crippen MR) is 151 cm³/mol. The topological polar surface area (TPSA) is 12.9 Å². The van der Waals surface area contributed by atoms with Crippen LogP contribution in [0.25, 0.3) is 64.5 Å². The summed E-state index contributed by atoms with van der Waals surface area (Å²) < 4.78 is 15.1. The molecule has 0 saturated heterocycles. The Balaban J connectivity index is 1.51. The molecule has 36 heavy (non-hydrogen) atoms. The van der Waals surface area contributed by atoms with E-state index in [-0.39, 0.29) is 5.82 Å². The normalized spacial score (nSPS) is 11.5. The van der Waals surface area contributed by atoms with Gasteiger partial charge in [-0.2, -0.15) is 0 Å². The Morgan fingerprint density at radius 2 is 1.31 bits per heavy atom. The second-order valence-corrected chi connectivity index (χ2v) is 10.0. The molecule has 0 aliphatic rings. The predicted octanol–water partition coefficient (Wildman–Crippen LogP) is 9.74. The minimum Gasteiger partial charge on any atom is -0.256 e. The first kappa shape index (κ1) is 21.0. The second kappa shape index (κ2) is 8.40. The highest BCUT2D eigenvalue weighted by atomic mass is 32.1. The third kappa shape index (κ3) is 3.48. The van der Waals surface area contributed by atoms with Crippen molar-refractivity contribution in [1.82, 2.24) is 4.98 Å². The first-order valence-electron chi connectivity index (χ1n) is 11.9. The molecule has 0 bridgehead atoms. The summed E-state index contributed by atoms with van der Waals surface area (Å²) in [6.45, 7) is 0. The molecular formula is C33H20FNS. The van der Waals surface area contributed by atoms with Crippen LogP contribution in [0.2, 0.25) is 0 Å². The molecule has 7 rings (SSSR count). The summed E-state index contributed by atoms with van der Waals surface area (Å²) in [5, 5.41) is 5.31. The Hall–Kier alpha value is -4.34. The van der Waals surface area contributed by atoms with Gasteiger partial charge in [-0.15, -0.1) is 11.3 Å². The number of benzene rings is 5. The SMILES string of the molecule is Fc1ccc2c(ccc3c(-c4cc(-c5ccccc5)c5cc(-c6ccccc6)sc5c4)nccc32)c1. The van der Waals surface area contributed by atoms with E-state index in [4.69, 9.17) is 4.98 Å². The van der Waals surface area contributed by atoms with Crippen molar-refractivity contribution in [3.63, 3.8) is 0 Å². The van der Waals surface area contributed by atoms with Gasteiger partial charge in [0.25, 0.3) is 0 Å². The van der Waals surface area contributed by atoms with E-state index in [1.54, 1.807) is 6.07 Å². The third-order valence-electron chi connectivity index (χ3n) is 6.78. The Labute approximate surface area is 212 Å². The molecule has 3 heteroatoms. The van der Waals surface area contributed by atoms with Crippen molar-refractivity contribution in [1.29, 1.82) is 0 Å². The maximum Gasteiger partial charge on any atom is 0.123 e. The van der Waals surface area contributed by atoms with Crippen LogP contribution in [-0.4, -0.2) is 4.98 Å². The molecule has 0 radical (unpaired) electrons. The molecule has 0 aliphatic heterocycles. The van der Waals surface area contributed by atoms with E-state index in [0.29, 0.717) is 0 Å². The van der Waals surface area contributed by atoms with Crippen LogP contribution >= 0.6 is 11.3 Å². The summed E-state index contributed by atoms with van der Waals surface area (Å²) in [5.41, 5.74) is 5.62. The van der Waals surface area contributed by atoms with Gasteiger partial charge in [-0.1, -0.05) is 78.9 Å². The molecule has 0 amide bonds. The zero-order valence-corrected chi connectivity index (χ0v) is 20.1. The smallest absolute Gasteiger partial charge is 0.123 e. The van der Waals surface area contributed by atoms with Gasteiger partial charge in [-0.3, -0.25) is 4.98 Å². The first-order valence-corrected chi connectivity index (χ1v) is 12.7. The van der Waals surface area contributed by atoms with Crippen molar-refractivity contribution in [2.45, 2.75) is 0 Å². The largest absolute Gasteiger partial charge is 0.256 e. The highest BCUT2D eigenvalue weighted by Gasteiger charge is 2.15. The van der Waals surface area contributed by atoms with Crippen molar-refractivity contribution in [3.8, 4) is 32.8 Å². The number of nitrogens with zero attached hydrogens (tertiary/aromatic N) is 1. The average Bonchev–Trinajstić information content (AvgIpc) is 3.37. The summed E-state index contributed by atoms with van der Waals surface area (Å²) in [6.07, 6.45) is 1.86. The van der Waals surface area contributed by atoms with Gasteiger partial charge in [0.15, 0.2) is 0 Å². The van der Waals surface area contributed by atoms with E-state index in [1.807, 2.05) is 41.8 Å². The van der Waals surface area contributed by atoms with Crippen molar-refractivity contribution >= 4 is 43.0 Å². The van der Waals surface area contributed by atoms with Gasteiger partial charge in [0.1, 0.15) is 5.82 Å². The molecule has 170 valence electrons. The van der Waals surface area contributed by atoms with Gasteiger partial charge < -0.3 is 0 Å². The number of rotatable bonds is 3. The first-order chi connectivity index (χ1) is 17.7. The van der Waals surface area contributed by atoms with E-state index in [2.05, 4.69) is 78.9 Å². The minimum absolute atomic E-state index is 0.221. The standard InChI is InChI=1S/C33H20FNS/c34-25-12-14-26-23(17-25)11-13-28-27(26)15-16-35-33(28)24-18-29(21-7-3-1-4-8-21)30-20-31(36-32(30)19-24)22-9-5-2-6-10-22/h1-20H. The Bertz CT molecular complexity index is 1890. The van der Waals surface area contributed by atoms with Gasteiger partial charge in [0.05, 0.1) is 5.69 Å². The summed E-state index contributed by atoms with van der Waals surface area (Å²) in [6, 6.07) is 39.0. The van der Waals surface area contributed by atoms with Gasteiger partial charge in [-0.25, -0.2) is 4.39 Å². The van der Waals surface area contributed by atoms with Gasteiger partial charge in [0, 0.05) is 32.1 Å². The molecule has 0 N–H and O–H groups in total. The van der Waals surface area contributed by atoms with Gasteiger partial charge in [-0.05, 0) is 69.2 Å². The van der Waals surface area contributed by atoms with Crippen LogP contribution < -0.4 is 0 Å². The molecule has 7 aromatic rings. The molecule has 1 nitrogen and oxygen atoms in total. The van der Waals surface area contributed by atoms with E-state index in [0.717, 1.165) is 32.8 Å². The minimum atomic E-state index is -0.221. The quantitative estimate of drug-likeness (QED) is 0.229. The van der Waals surface area contributed by atoms with Crippen LogP contribution in [0.5, 0.6) is 0 Å². The van der Waals surface area contributed by atoms with Crippen LogP contribution in [-0.2, 0) is 0 Å². The average molecular weight is 482 g/mol. The summed E-state index contributed by atoms with van der Waals surface area (Å²) >= 11 is 1.81. The number of hydrogen-bond acceptors (Lipinski definition) is 2. The van der Waals surface area contributed by atoms with Crippen LogP contribution in [0.3, 0.4) is 0 Å². The molecule has 0 fully saturated rings. The lowest BCUT2D eigenvalue weighted by atomic mass is 9.94. The summed E-state index contributed by atoms with van der Waals surface area (Å²) in [4.78, 5) is 6.09. The van der Waals surface area contributed by atoms with Crippen LogP contribution in [0.1, 0.15) is 0 Å². The van der Waals surface area contributed by atoms with Crippen LogP contribution in [0, 0.1) is 5.82 Å². The number of aromatic nitrogens is 1. The van der Waals surface area contributed by atoms with Crippen molar-refractivity contribution in [2.75, 3.05) is 0 Å². The second-order valence-electron chi connectivity index (χ2n) is 8.96. The van der Waals surface area contributed by atoms with Gasteiger partial charge >= 0.3 is 0 Å². The Morgan fingerprint density at radius 3 is 2.11 bits per heavy atom. The lowest BCUT2D eigenvalue weighted by Gasteiger charge is -2.11. The molecule has 0 aliphatic carbocycles. The van der Waals surface area contributed by atoms with Crippen molar-refractivity contribution in [2.24, 2.45) is 0 Å². The maximum absolute atomic E-state index is 13.8. The fourth-order valence-corrected chi connectivity index (χ4v) is 6.21. The molecule has 5 aromatic carbocycles. The molecule has 0 saturated carbocycles. The maximum atomic E-state index is 13.8. The van der Waals surface area contributed by atoms with Crippen LogP contribution in [0.4, 0.5) is 4.39 Å². The Morgan fingerprint density at radius 1 is 0.556 bits per heavy atom. The third-order valence-corrected chi connectivity index (χ3v) is 7.91. The lowest BCUT2D eigenvalue weighted by molar-refractivity contribution is 0.630. The monoisotopic (exact) mass is 481 g/mol. The summed E-state index contributed by atoms with van der Waals surface area (Å²) in [7, 11) is 0. The Kier molecular flexibility index (Phi) is 4.90. The number of fused-ring (bicyclic) bond motifs is 4. The fraction of sp³-hybridized carbons (Fsp3) is 0. The van der Waals surface area contributed by atoms with E-state index < -0.39 is 0 Å². The lowest BCUT2D eigenvalue weighted by Crippen LogP contribution is -1.89. The molecule has 0 atom stereocenters. The molecular weight excluding hydrogens is 461 g/mol. The van der Waals surface area contributed by atoms with Crippen molar-refractivity contribution in [3.05, 3.63) is 127 Å². The van der Waals surface area contributed by atoms with E-state index in [9.17, 15) is 4.39 Å². The molecule has 2 aromatic heterocycles. The number of pyridine rings is 1.